The van der Waals surface area contributed by atoms with Gasteiger partial charge < -0.3 is 9.72 Å². The number of benzene rings is 1. The lowest BCUT2D eigenvalue weighted by Gasteiger charge is -2.11. The molecule has 0 aliphatic rings. The number of H-pyrrole nitrogens is 1. The van der Waals surface area contributed by atoms with E-state index in [1.165, 1.54) is 6.07 Å². The van der Waals surface area contributed by atoms with Gasteiger partial charge in [-0.05, 0) is 42.0 Å². The molecule has 0 saturated carbocycles. The fourth-order valence-electron chi connectivity index (χ4n) is 3.71. The van der Waals surface area contributed by atoms with E-state index in [2.05, 4.69) is 19.8 Å². The summed E-state index contributed by atoms with van der Waals surface area (Å²) in [4.78, 5) is 6.83. The molecule has 0 aliphatic carbocycles. The van der Waals surface area contributed by atoms with Gasteiger partial charge in [0.25, 0.3) is 0 Å². The summed E-state index contributed by atoms with van der Waals surface area (Å²) in [6.45, 7) is 0.391. The molecule has 178 valence electrons. The first-order chi connectivity index (χ1) is 16.7. The van der Waals surface area contributed by atoms with Crippen molar-refractivity contribution in [3.05, 3.63) is 90.6 Å². The second kappa shape index (κ2) is 8.84. The van der Waals surface area contributed by atoms with Gasteiger partial charge in [0, 0.05) is 40.8 Å². The van der Waals surface area contributed by atoms with Gasteiger partial charge in [0.2, 0.25) is 10.0 Å². The van der Waals surface area contributed by atoms with Gasteiger partial charge in [-0.15, -0.1) is 0 Å². The van der Waals surface area contributed by atoms with E-state index in [0.717, 1.165) is 24.1 Å². The van der Waals surface area contributed by atoms with Crippen LogP contribution in [0.3, 0.4) is 0 Å². The number of ether oxygens (including phenoxy) is 1. The number of sulfonamides is 1. The molecule has 0 spiro atoms. The number of halogens is 2. The minimum absolute atomic E-state index is 0.110. The molecule has 0 fully saturated rings. The maximum atomic E-state index is 14.5. The van der Waals surface area contributed by atoms with Crippen LogP contribution in [-0.2, 0) is 16.6 Å². The van der Waals surface area contributed by atoms with Gasteiger partial charge in [0.15, 0.2) is 5.82 Å². The number of nitrogens with zero attached hydrogens (tertiary/aromatic N) is 3. The first kappa shape index (κ1) is 22.5. The number of hydrogen-bond acceptors (Lipinski definition) is 5. The Balaban J connectivity index is 1.55. The van der Waals surface area contributed by atoms with Crippen LogP contribution in [-0.4, -0.2) is 34.3 Å². The smallest absolute Gasteiger partial charge is 0.229 e. The second-order valence-corrected chi connectivity index (χ2v) is 9.67. The van der Waals surface area contributed by atoms with Crippen molar-refractivity contribution in [2.75, 3.05) is 11.0 Å². The van der Waals surface area contributed by atoms with Gasteiger partial charge in [-0.3, -0.25) is 9.71 Å². The number of aromatic amines is 1. The zero-order valence-electron chi connectivity index (χ0n) is 18.4. The average Bonchev–Trinajstić information content (AvgIpc) is 3.46. The maximum Gasteiger partial charge on any atom is 0.229 e. The molecule has 8 nitrogen and oxygen atoms in total. The van der Waals surface area contributed by atoms with Crippen LogP contribution in [0, 0.1) is 11.6 Å². The fraction of sp³-hybridized carbons (Fsp3) is 0.0833. The zero-order valence-corrected chi connectivity index (χ0v) is 19.2. The molecule has 5 aromatic rings. The average molecular weight is 496 g/mol. The van der Waals surface area contributed by atoms with E-state index in [0.29, 0.717) is 29.0 Å². The number of pyridine rings is 2. The molecule has 5 rings (SSSR count). The third kappa shape index (κ3) is 4.99. The summed E-state index contributed by atoms with van der Waals surface area (Å²) in [5.41, 5.74) is 3.32. The van der Waals surface area contributed by atoms with Gasteiger partial charge in [-0.1, -0.05) is 0 Å². The molecule has 0 saturated heterocycles. The number of aromatic nitrogens is 4. The highest BCUT2D eigenvalue weighted by molar-refractivity contribution is 7.92. The van der Waals surface area contributed by atoms with Crippen molar-refractivity contribution in [2.24, 2.45) is 0 Å². The summed E-state index contributed by atoms with van der Waals surface area (Å²) in [7, 11) is -3.62. The maximum absolute atomic E-state index is 14.5. The first-order valence-electron chi connectivity index (χ1n) is 10.4. The summed E-state index contributed by atoms with van der Waals surface area (Å²) in [6.07, 6.45) is 8.92. The number of rotatable bonds is 7. The van der Waals surface area contributed by atoms with Crippen LogP contribution >= 0.6 is 0 Å². The largest absolute Gasteiger partial charge is 0.487 e. The molecule has 0 amide bonds. The lowest BCUT2D eigenvalue weighted by Crippen LogP contribution is -2.09. The molecule has 0 aliphatic heterocycles. The molecule has 0 atom stereocenters. The zero-order chi connectivity index (χ0) is 24.6. The second-order valence-electron chi connectivity index (χ2n) is 7.92. The summed E-state index contributed by atoms with van der Waals surface area (Å²) in [5.74, 6) is -1.07. The molecule has 4 aromatic heterocycles. The molecule has 1 aromatic carbocycles. The third-order valence-corrected chi connectivity index (χ3v) is 5.79. The van der Waals surface area contributed by atoms with Crippen LogP contribution in [0.2, 0.25) is 0 Å². The quantitative estimate of drug-likeness (QED) is 0.343. The number of fused-ring (bicyclic) bond motifs is 1. The summed E-state index contributed by atoms with van der Waals surface area (Å²) in [5, 5.41) is 4.39. The Morgan fingerprint density at radius 1 is 1.09 bits per heavy atom. The minimum atomic E-state index is -3.62. The highest BCUT2D eigenvalue weighted by Gasteiger charge is 2.15. The van der Waals surface area contributed by atoms with Crippen LogP contribution in [0.25, 0.3) is 27.9 Å². The molecule has 11 heteroatoms. The van der Waals surface area contributed by atoms with Crippen LogP contribution in [0.4, 0.5) is 14.5 Å². The summed E-state index contributed by atoms with van der Waals surface area (Å²) < 4.78 is 61.5. The monoisotopic (exact) mass is 495 g/mol. The minimum Gasteiger partial charge on any atom is -0.487 e. The lowest BCUT2D eigenvalue weighted by atomic mass is 10.0. The van der Waals surface area contributed by atoms with Crippen molar-refractivity contribution in [3.8, 4) is 28.1 Å². The molecule has 35 heavy (non-hydrogen) atoms. The molecular formula is C24H19F2N5O3S. The van der Waals surface area contributed by atoms with E-state index in [-0.39, 0.29) is 16.9 Å². The molecular weight excluding hydrogens is 476 g/mol. The van der Waals surface area contributed by atoms with Crippen molar-refractivity contribution in [1.29, 1.82) is 0 Å². The Morgan fingerprint density at radius 2 is 1.91 bits per heavy atom. The van der Waals surface area contributed by atoms with Crippen LogP contribution < -0.4 is 9.46 Å². The van der Waals surface area contributed by atoms with Crippen LogP contribution in [0.5, 0.6) is 5.75 Å². The number of nitrogens with one attached hydrogen (secondary N) is 2. The fourth-order valence-corrected chi connectivity index (χ4v) is 4.25. The standard InChI is InChI=1S/C24H19F2N5O3S/c1-35(32,33)30-19-7-16(6-17(8-19)24-22(26)9-18(25)11-28-24)21-12-29-31-13-20(2-3-23(21)31)34-14-15-4-5-27-10-15/h2-13,27,30H,14H2,1H3. The van der Waals surface area contributed by atoms with Crippen molar-refractivity contribution >= 4 is 21.2 Å². The number of anilines is 1. The van der Waals surface area contributed by atoms with Gasteiger partial charge in [-0.25, -0.2) is 21.7 Å². The third-order valence-electron chi connectivity index (χ3n) is 5.19. The van der Waals surface area contributed by atoms with E-state index < -0.39 is 21.7 Å². The molecule has 0 bridgehead atoms. The van der Waals surface area contributed by atoms with Crippen molar-refractivity contribution < 1.29 is 21.9 Å². The van der Waals surface area contributed by atoms with Crippen LogP contribution in [0.15, 0.2) is 73.4 Å². The highest BCUT2D eigenvalue weighted by Crippen LogP contribution is 2.33. The van der Waals surface area contributed by atoms with E-state index in [9.17, 15) is 17.2 Å². The molecule has 0 radical (unpaired) electrons. The van der Waals surface area contributed by atoms with Gasteiger partial charge >= 0.3 is 0 Å². The van der Waals surface area contributed by atoms with Crippen molar-refractivity contribution in [2.45, 2.75) is 6.61 Å². The van der Waals surface area contributed by atoms with Gasteiger partial charge in [-0.2, -0.15) is 5.10 Å². The molecule has 0 unspecified atom stereocenters. The lowest BCUT2D eigenvalue weighted by molar-refractivity contribution is 0.304. The topological polar surface area (TPSA) is 101 Å². The predicted octanol–water partition coefficient (Wildman–Crippen LogP) is 4.62. The summed E-state index contributed by atoms with van der Waals surface area (Å²) >= 11 is 0. The summed E-state index contributed by atoms with van der Waals surface area (Å²) in [6, 6.07) is 11.0. The Morgan fingerprint density at radius 3 is 2.66 bits per heavy atom. The van der Waals surface area contributed by atoms with E-state index in [1.54, 1.807) is 35.1 Å². The Kier molecular flexibility index (Phi) is 5.69. The van der Waals surface area contributed by atoms with Gasteiger partial charge in [0.1, 0.15) is 23.9 Å². The Hall–Kier alpha value is -4.25. The van der Waals surface area contributed by atoms with Crippen LogP contribution in [0.1, 0.15) is 5.56 Å². The number of hydrogen-bond donors (Lipinski definition) is 2. The molecule has 4 heterocycles. The predicted molar refractivity (Wildman–Crippen MR) is 127 cm³/mol. The van der Waals surface area contributed by atoms with E-state index >= 15 is 0 Å². The van der Waals surface area contributed by atoms with E-state index in [4.69, 9.17) is 4.74 Å². The van der Waals surface area contributed by atoms with Crippen molar-refractivity contribution in [1.82, 2.24) is 19.6 Å². The first-order valence-corrected chi connectivity index (χ1v) is 12.3. The molecule has 2 N–H and O–H groups in total. The van der Waals surface area contributed by atoms with Crippen molar-refractivity contribution in [3.63, 3.8) is 0 Å². The normalized spacial score (nSPS) is 11.6. The SMILES string of the molecule is CS(=O)(=O)Nc1cc(-c2ncc(F)cc2F)cc(-c2cnn3cc(OCc4cc[nH]c4)ccc23)c1. The highest BCUT2D eigenvalue weighted by atomic mass is 32.2. The van der Waals surface area contributed by atoms with E-state index in [1.807, 2.05) is 24.5 Å². The Labute approximate surface area is 199 Å². The Bertz CT molecular complexity index is 1630. The van der Waals surface area contributed by atoms with Gasteiger partial charge in [0.05, 0.1) is 30.4 Å².